The van der Waals surface area contributed by atoms with E-state index in [1.807, 2.05) is 53.0 Å². The molecule has 0 saturated carbocycles. The molecule has 34 heavy (non-hydrogen) atoms. The topological polar surface area (TPSA) is 73.6 Å². The van der Waals surface area contributed by atoms with Crippen LogP contribution in [-0.2, 0) is 6.54 Å². The van der Waals surface area contributed by atoms with Crippen molar-refractivity contribution in [2.45, 2.75) is 13.5 Å². The second-order valence-corrected chi connectivity index (χ2v) is 7.91. The van der Waals surface area contributed by atoms with Crippen LogP contribution in [0.25, 0.3) is 28.2 Å². The van der Waals surface area contributed by atoms with Crippen molar-refractivity contribution in [3.63, 3.8) is 0 Å². The molecule has 0 aliphatic rings. The van der Waals surface area contributed by atoms with Crippen molar-refractivity contribution >= 4 is 11.5 Å². The van der Waals surface area contributed by atoms with Gasteiger partial charge in [0.1, 0.15) is 0 Å². The van der Waals surface area contributed by atoms with Gasteiger partial charge in [0.05, 0.1) is 36.8 Å². The number of rotatable bonds is 7. The molecule has 7 heteroatoms. The van der Waals surface area contributed by atoms with Gasteiger partial charge in [-0.15, -0.1) is 0 Å². The third-order valence-electron chi connectivity index (χ3n) is 5.68. The number of nitrogens with one attached hydrogen (secondary N) is 1. The number of benzene rings is 2. The first kappa shape index (κ1) is 21.5. The van der Waals surface area contributed by atoms with Crippen LogP contribution in [0.3, 0.4) is 0 Å². The largest absolute Gasteiger partial charge is 0.493 e. The minimum absolute atomic E-state index is 0.576. The van der Waals surface area contributed by atoms with E-state index in [1.54, 1.807) is 20.4 Å². The van der Waals surface area contributed by atoms with E-state index in [0.29, 0.717) is 24.0 Å². The Labute approximate surface area is 198 Å². The lowest BCUT2D eigenvalue weighted by molar-refractivity contribution is 0.355. The molecule has 0 unspecified atom stereocenters. The van der Waals surface area contributed by atoms with Crippen molar-refractivity contribution < 1.29 is 9.47 Å². The first-order valence-electron chi connectivity index (χ1n) is 11.0. The highest BCUT2D eigenvalue weighted by molar-refractivity contribution is 5.71. The second-order valence-electron chi connectivity index (χ2n) is 7.91. The normalized spacial score (nSPS) is 10.9. The number of nitrogens with zero attached hydrogens (tertiary/aromatic N) is 4. The Balaban J connectivity index is 1.51. The maximum absolute atomic E-state index is 5.47. The summed E-state index contributed by atoms with van der Waals surface area (Å²) in [6, 6.07) is 24.1. The minimum Gasteiger partial charge on any atom is -0.493 e. The highest BCUT2D eigenvalue weighted by Gasteiger charge is 2.15. The summed E-state index contributed by atoms with van der Waals surface area (Å²) < 4.78 is 12.8. The van der Waals surface area contributed by atoms with Gasteiger partial charge in [0.2, 0.25) is 5.95 Å². The van der Waals surface area contributed by atoms with E-state index in [4.69, 9.17) is 19.6 Å². The predicted molar refractivity (Wildman–Crippen MR) is 133 cm³/mol. The Morgan fingerprint density at radius 2 is 1.68 bits per heavy atom. The lowest BCUT2D eigenvalue weighted by atomic mass is 10.1. The van der Waals surface area contributed by atoms with Crippen LogP contribution in [-0.4, -0.2) is 33.8 Å². The van der Waals surface area contributed by atoms with Gasteiger partial charge in [0, 0.05) is 18.3 Å². The average Bonchev–Trinajstić information content (AvgIpc) is 3.22. The Hall–Kier alpha value is -4.39. The van der Waals surface area contributed by atoms with Crippen LogP contribution in [0.15, 0.2) is 79.0 Å². The number of hydrogen-bond acceptors (Lipinski definition) is 6. The van der Waals surface area contributed by atoms with Crippen molar-refractivity contribution in [1.29, 1.82) is 0 Å². The number of aromatic nitrogens is 4. The molecular formula is C27H25N5O2. The fraction of sp³-hybridized carbons (Fsp3) is 0.148. The Bertz CT molecular complexity index is 1450. The molecule has 0 fully saturated rings. The molecule has 3 aromatic heterocycles. The molecule has 1 N–H and O–H groups in total. The fourth-order valence-electron chi connectivity index (χ4n) is 3.99. The average molecular weight is 452 g/mol. The van der Waals surface area contributed by atoms with Crippen LogP contribution in [0.2, 0.25) is 0 Å². The molecule has 2 aromatic carbocycles. The van der Waals surface area contributed by atoms with Crippen LogP contribution in [0, 0.1) is 6.92 Å². The highest BCUT2D eigenvalue weighted by atomic mass is 16.5. The summed E-state index contributed by atoms with van der Waals surface area (Å²) in [7, 11) is 3.26. The molecule has 5 rings (SSSR count). The molecule has 7 nitrogen and oxygen atoms in total. The molecule has 0 bridgehead atoms. The smallest absolute Gasteiger partial charge is 0.223 e. The maximum atomic E-state index is 5.47. The van der Waals surface area contributed by atoms with Crippen molar-refractivity contribution in [1.82, 2.24) is 19.6 Å². The predicted octanol–water partition coefficient (Wildman–Crippen LogP) is 5.40. The number of hydrogen-bond donors (Lipinski definition) is 1. The van der Waals surface area contributed by atoms with E-state index >= 15 is 0 Å². The van der Waals surface area contributed by atoms with Crippen molar-refractivity contribution in [3.05, 3.63) is 90.1 Å². The lowest BCUT2D eigenvalue weighted by Gasteiger charge is -2.11. The number of fused-ring (bicyclic) bond motifs is 1. The molecule has 0 amide bonds. The molecule has 0 spiro atoms. The zero-order chi connectivity index (χ0) is 23.5. The second kappa shape index (κ2) is 9.23. The van der Waals surface area contributed by atoms with Crippen molar-refractivity contribution in [3.8, 4) is 34.1 Å². The fourth-order valence-corrected chi connectivity index (χ4v) is 3.99. The first-order chi connectivity index (χ1) is 16.7. The third-order valence-corrected chi connectivity index (χ3v) is 5.68. The molecule has 0 atom stereocenters. The van der Waals surface area contributed by atoms with Gasteiger partial charge in [0.15, 0.2) is 11.5 Å². The summed E-state index contributed by atoms with van der Waals surface area (Å²) in [5.74, 6) is 1.92. The van der Waals surface area contributed by atoms with Crippen molar-refractivity contribution in [2.75, 3.05) is 19.5 Å². The zero-order valence-electron chi connectivity index (χ0n) is 19.3. The van der Waals surface area contributed by atoms with Crippen LogP contribution in [0.5, 0.6) is 11.5 Å². The van der Waals surface area contributed by atoms with Crippen LogP contribution >= 0.6 is 0 Å². The number of anilines is 1. The maximum Gasteiger partial charge on any atom is 0.223 e. The van der Waals surface area contributed by atoms with Gasteiger partial charge >= 0.3 is 0 Å². The minimum atomic E-state index is 0.576. The van der Waals surface area contributed by atoms with E-state index in [1.165, 1.54) is 5.56 Å². The quantitative estimate of drug-likeness (QED) is 0.357. The van der Waals surface area contributed by atoms with Crippen LogP contribution in [0.1, 0.15) is 11.1 Å². The molecule has 0 radical (unpaired) electrons. The molecule has 0 aliphatic heterocycles. The monoisotopic (exact) mass is 451 g/mol. The van der Waals surface area contributed by atoms with Crippen molar-refractivity contribution in [2.24, 2.45) is 0 Å². The molecule has 0 saturated heterocycles. The molecule has 0 aliphatic carbocycles. The summed E-state index contributed by atoms with van der Waals surface area (Å²) >= 11 is 0. The van der Waals surface area contributed by atoms with Crippen LogP contribution < -0.4 is 14.8 Å². The van der Waals surface area contributed by atoms with Gasteiger partial charge in [-0.05, 0) is 60.5 Å². The molecule has 3 heterocycles. The van der Waals surface area contributed by atoms with E-state index < -0.39 is 0 Å². The number of aryl methyl sites for hydroxylation is 1. The zero-order valence-corrected chi connectivity index (χ0v) is 19.3. The molecule has 5 aromatic rings. The highest BCUT2D eigenvalue weighted by Crippen LogP contribution is 2.33. The Kier molecular flexibility index (Phi) is 5.82. The lowest BCUT2D eigenvalue weighted by Crippen LogP contribution is -2.05. The summed E-state index contributed by atoms with van der Waals surface area (Å²) in [5.41, 5.74) is 6.75. The van der Waals surface area contributed by atoms with Gasteiger partial charge in [0.25, 0.3) is 0 Å². The van der Waals surface area contributed by atoms with E-state index in [9.17, 15) is 0 Å². The van der Waals surface area contributed by atoms with E-state index in [2.05, 4.69) is 41.5 Å². The van der Waals surface area contributed by atoms with Gasteiger partial charge in [-0.25, -0.2) is 14.5 Å². The Morgan fingerprint density at radius 1 is 0.853 bits per heavy atom. The molecule has 170 valence electrons. The van der Waals surface area contributed by atoms with Gasteiger partial charge in [-0.2, -0.15) is 5.10 Å². The number of methoxy groups -OCH3 is 2. The third kappa shape index (κ3) is 4.15. The van der Waals surface area contributed by atoms with Crippen LogP contribution in [0.4, 0.5) is 5.95 Å². The molecular weight excluding hydrogens is 426 g/mol. The summed E-state index contributed by atoms with van der Waals surface area (Å²) in [5, 5.41) is 8.25. The summed E-state index contributed by atoms with van der Waals surface area (Å²) in [6.45, 7) is 2.72. The number of ether oxygens (including phenoxy) is 2. The standard InChI is InChI=1S/C27H25N5O2/c1-18-15-21-10-11-22(20-9-12-24(33-2)25(16-20)34-3)31-32(21)26(18)23-13-14-28-27(30-23)29-17-19-7-5-4-6-8-19/h4-16H,17H2,1-3H3,(H,28,29,30). The first-order valence-corrected chi connectivity index (χ1v) is 11.0. The summed E-state index contributed by atoms with van der Waals surface area (Å²) in [6.07, 6.45) is 1.77. The van der Waals surface area contributed by atoms with Gasteiger partial charge in [-0.3, -0.25) is 0 Å². The SMILES string of the molecule is COc1ccc(-c2ccc3cc(C)c(-c4ccnc(NCc5ccccc5)n4)n3n2)cc1OC. The van der Waals surface area contributed by atoms with E-state index in [-0.39, 0.29) is 0 Å². The summed E-state index contributed by atoms with van der Waals surface area (Å²) in [4.78, 5) is 9.17. The van der Waals surface area contributed by atoms with Gasteiger partial charge < -0.3 is 14.8 Å². The van der Waals surface area contributed by atoms with Gasteiger partial charge in [-0.1, -0.05) is 30.3 Å². The Morgan fingerprint density at radius 3 is 2.47 bits per heavy atom. The van der Waals surface area contributed by atoms with E-state index in [0.717, 1.165) is 33.7 Å².